The molecule has 0 bridgehead atoms. The van der Waals surface area contributed by atoms with Gasteiger partial charge in [0.15, 0.2) is 0 Å². The lowest BCUT2D eigenvalue weighted by Crippen LogP contribution is -2.45. The number of urea groups is 1. The standard InChI is InChI=1S/C47H59N9O4/c1-30-8-11-40-38(44(30)56-22-12-32(3)51-47(56)59)17-23-55(40)35-15-18-52(19-16-35)28-33-13-20-53(21-14-33)46(58)34-9-10-36(31(2)26-34)43-29-54(24-25-60-43)41(45(49)50)27-39(48)37-6-4-5-7-42(37)57/h4-11,17,23,26-27,33,35,43,57H,3,12-16,18-22,24-25,28-29,48-50H2,1-2H3,(H,51,59)/b39-27-. The highest BCUT2D eigenvalue weighted by molar-refractivity contribution is 6.05. The molecule has 3 aromatic carbocycles. The van der Waals surface area contributed by atoms with Gasteiger partial charge >= 0.3 is 6.03 Å². The van der Waals surface area contributed by atoms with Gasteiger partial charge in [0.1, 0.15) is 17.7 Å². The summed E-state index contributed by atoms with van der Waals surface area (Å²) in [6.07, 6.45) is 8.56. The second-order valence-corrected chi connectivity index (χ2v) is 16.9. The van der Waals surface area contributed by atoms with E-state index in [0.717, 1.165) is 98.3 Å². The summed E-state index contributed by atoms with van der Waals surface area (Å²) in [6.45, 7) is 14.9. The average molecular weight is 814 g/mol. The number of para-hydroxylation sites is 1. The number of phenols is 1. The van der Waals surface area contributed by atoms with Crippen molar-refractivity contribution >= 4 is 34.2 Å². The third-order valence-corrected chi connectivity index (χ3v) is 13.0. The highest BCUT2D eigenvalue weighted by Crippen LogP contribution is 2.37. The summed E-state index contributed by atoms with van der Waals surface area (Å²) in [7, 11) is 0. The van der Waals surface area contributed by atoms with Crippen LogP contribution >= 0.6 is 0 Å². The minimum absolute atomic E-state index is 0.0738. The molecule has 1 unspecified atom stereocenters. The first-order valence-corrected chi connectivity index (χ1v) is 21.3. The molecule has 13 heteroatoms. The number of hydrogen-bond acceptors (Lipinski definition) is 9. The molecule has 0 spiro atoms. The van der Waals surface area contributed by atoms with Gasteiger partial charge in [-0.25, -0.2) is 4.79 Å². The number of nitrogens with two attached hydrogens (primary N) is 3. The van der Waals surface area contributed by atoms with Crippen molar-refractivity contribution in [3.8, 4) is 5.75 Å². The highest BCUT2D eigenvalue weighted by Gasteiger charge is 2.31. The van der Waals surface area contributed by atoms with E-state index in [-0.39, 0.29) is 29.6 Å². The predicted octanol–water partition coefficient (Wildman–Crippen LogP) is 6.05. The number of nitrogens with one attached hydrogen (secondary N) is 1. The molecule has 3 amide bonds. The van der Waals surface area contributed by atoms with Crippen molar-refractivity contribution in [2.24, 2.45) is 23.1 Å². The summed E-state index contributed by atoms with van der Waals surface area (Å²) >= 11 is 0. The Kier molecular flexibility index (Phi) is 11.8. The summed E-state index contributed by atoms with van der Waals surface area (Å²) in [5, 5.41) is 14.3. The third-order valence-electron chi connectivity index (χ3n) is 13.0. The van der Waals surface area contributed by atoms with Crippen LogP contribution in [0.2, 0.25) is 0 Å². The fourth-order valence-electron chi connectivity index (χ4n) is 9.62. The van der Waals surface area contributed by atoms with E-state index in [2.05, 4.69) is 57.6 Å². The fraction of sp³-hybridized carbons (Fsp3) is 0.404. The lowest BCUT2D eigenvalue weighted by Gasteiger charge is -2.38. The van der Waals surface area contributed by atoms with Crippen LogP contribution in [0, 0.1) is 19.8 Å². The zero-order chi connectivity index (χ0) is 42.1. The maximum absolute atomic E-state index is 13.8. The number of allylic oxidation sites excluding steroid dienone is 1. The molecule has 1 aromatic heterocycles. The maximum atomic E-state index is 13.8. The molecule has 4 aliphatic rings. The molecule has 5 heterocycles. The van der Waals surface area contributed by atoms with Crippen molar-refractivity contribution in [2.75, 3.05) is 63.9 Å². The van der Waals surface area contributed by atoms with Crippen LogP contribution < -0.4 is 27.4 Å². The number of piperidine rings is 2. The molecule has 13 nitrogen and oxygen atoms in total. The first-order valence-electron chi connectivity index (χ1n) is 21.3. The average Bonchev–Trinajstić information content (AvgIpc) is 3.67. The maximum Gasteiger partial charge on any atom is 0.326 e. The molecule has 4 fully saturated rings. The number of anilines is 1. The van der Waals surface area contributed by atoms with Gasteiger partial charge in [-0.15, -0.1) is 0 Å². The van der Waals surface area contributed by atoms with Crippen molar-refractivity contribution in [2.45, 2.75) is 58.1 Å². The molecule has 0 radical (unpaired) electrons. The van der Waals surface area contributed by atoms with Crippen LogP contribution in [0.5, 0.6) is 5.75 Å². The largest absolute Gasteiger partial charge is 0.507 e. The van der Waals surface area contributed by atoms with E-state index in [1.54, 1.807) is 24.3 Å². The van der Waals surface area contributed by atoms with Gasteiger partial charge in [0, 0.05) is 98.9 Å². The number of benzene rings is 3. The second-order valence-electron chi connectivity index (χ2n) is 16.9. The van der Waals surface area contributed by atoms with Gasteiger partial charge < -0.3 is 51.6 Å². The Labute approximate surface area is 352 Å². The number of morpholine rings is 1. The van der Waals surface area contributed by atoms with Gasteiger partial charge in [0.2, 0.25) is 0 Å². The zero-order valence-electron chi connectivity index (χ0n) is 34.9. The molecule has 4 aliphatic heterocycles. The minimum atomic E-state index is -0.256. The topological polar surface area (TPSA) is 172 Å². The Bertz CT molecular complexity index is 2330. The van der Waals surface area contributed by atoms with Gasteiger partial charge in [-0.05, 0) is 105 Å². The number of phenolic OH excluding ortho intramolecular Hbond substituents is 1. The highest BCUT2D eigenvalue weighted by atomic mass is 16.5. The number of likely N-dealkylation sites (tertiary alicyclic amines) is 2. The van der Waals surface area contributed by atoms with Crippen molar-refractivity contribution in [1.82, 2.24) is 24.6 Å². The van der Waals surface area contributed by atoms with E-state index in [4.69, 9.17) is 21.9 Å². The number of hydrogen-bond donors (Lipinski definition) is 5. The SMILES string of the molecule is C=C1CCN(c2c(C)ccc3c2ccn3C2CCN(CC3CCN(C(=O)c4ccc(C5CN(C(/C=C(\N)c6ccccc6O)=C(N)N)CCO5)c(C)c4)CC3)CC2)C(=O)N1. The molecule has 8 rings (SSSR count). The van der Waals surface area contributed by atoms with Crippen molar-refractivity contribution < 1.29 is 19.4 Å². The van der Waals surface area contributed by atoms with E-state index in [9.17, 15) is 14.7 Å². The summed E-state index contributed by atoms with van der Waals surface area (Å²) in [6, 6.07) is 19.6. The van der Waals surface area contributed by atoms with Crippen LogP contribution in [0.15, 0.2) is 96.7 Å². The number of carbonyl (C=O) groups excluding carboxylic acids is 2. The Hall–Kier alpha value is -5.92. The Morgan fingerprint density at radius 3 is 2.40 bits per heavy atom. The Balaban J connectivity index is 0.832. The first kappa shape index (κ1) is 40.8. The van der Waals surface area contributed by atoms with Crippen molar-refractivity contribution in [3.05, 3.63) is 125 Å². The van der Waals surface area contributed by atoms with Crippen LogP contribution in [-0.2, 0) is 4.74 Å². The molecule has 1 atom stereocenters. The number of rotatable bonds is 9. The Morgan fingerprint density at radius 1 is 0.917 bits per heavy atom. The summed E-state index contributed by atoms with van der Waals surface area (Å²) in [4.78, 5) is 35.2. The van der Waals surface area contributed by atoms with Gasteiger partial charge in [-0.2, -0.15) is 0 Å². The number of nitrogens with zero attached hydrogens (tertiary/aromatic N) is 5. The molecule has 8 N–H and O–H groups in total. The summed E-state index contributed by atoms with van der Waals surface area (Å²) in [5.74, 6) is 0.849. The van der Waals surface area contributed by atoms with Crippen molar-refractivity contribution in [3.63, 3.8) is 0 Å². The lowest BCUT2D eigenvalue weighted by molar-refractivity contribution is -0.0175. The quantitative estimate of drug-likeness (QED) is 0.126. The summed E-state index contributed by atoms with van der Waals surface area (Å²) in [5.41, 5.74) is 26.9. The molecular weight excluding hydrogens is 755 g/mol. The van der Waals surface area contributed by atoms with Crippen LogP contribution in [0.25, 0.3) is 16.6 Å². The van der Waals surface area contributed by atoms with Gasteiger partial charge in [-0.3, -0.25) is 9.69 Å². The Morgan fingerprint density at radius 2 is 1.68 bits per heavy atom. The zero-order valence-corrected chi connectivity index (χ0v) is 34.9. The van der Waals surface area contributed by atoms with Crippen molar-refractivity contribution in [1.29, 1.82) is 0 Å². The summed E-state index contributed by atoms with van der Waals surface area (Å²) < 4.78 is 8.65. The number of carbonyl (C=O) groups is 2. The van der Waals surface area contributed by atoms with E-state index in [1.165, 1.54) is 5.52 Å². The minimum Gasteiger partial charge on any atom is -0.507 e. The molecule has 0 aliphatic carbocycles. The van der Waals surface area contributed by atoms with Gasteiger partial charge in [0.25, 0.3) is 5.91 Å². The normalized spacial score (nSPS) is 20.1. The molecule has 316 valence electrons. The molecule has 4 aromatic rings. The van der Waals surface area contributed by atoms with Gasteiger partial charge in [0.05, 0.1) is 23.5 Å². The number of aromatic hydroxyl groups is 1. The number of fused-ring (bicyclic) bond motifs is 1. The first-order chi connectivity index (χ1) is 28.9. The van der Waals surface area contributed by atoms with Crippen LogP contribution in [0.4, 0.5) is 10.5 Å². The van der Waals surface area contributed by atoms with Crippen LogP contribution in [0.1, 0.15) is 76.9 Å². The molecular formula is C47H59N9O4. The third kappa shape index (κ3) is 8.41. The molecule has 4 saturated heterocycles. The lowest BCUT2D eigenvalue weighted by atomic mass is 9.93. The number of aromatic nitrogens is 1. The van der Waals surface area contributed by atoms with Crippen LogP contribution in [-0.4, -0.2) is 95.3 Å². The van der Waals surface area contributed by atoms with Gasteiger partial charge in [-0.1, -0.05) is 30.8 Å². The number of amides is 3. The smallest absolute Gasteiger partial charge is 0.326 e. The fourth-order valence-corrected chi connectivity index (χ4v) is 9.62. The van der Waals surface area contributed by atoms with E-state index < -0.39 is 0 Å². The predicted molar refractivity (Wildman–Crippen MR) is 237 cm³/mol. The van der Waals surface area contributed by atoms with E-state index >= 15 is 0 Å². The van der Waals surface area contributed by atoms with E-state index in [0.29, 0.717) is 60.7 Å². The molecule has 60 heavy (non-hydrogen) atoms. The van der Waals surface area contributed by atoms with Crippen LogP contribution in [0.3, 0.4) is 0 Å². The number of ether oxygens (including phenoxy) is 1. The second kappa shape index (κ2) is 17.4. The monoisotopic (exact) mass is 813 g/mol. The molecule has 0 saturated carbocycles. The van der Waals surface area contributed by atoms with E-state index in [1.807, 2.05) is 41.0 Å². The number of aryl methyl sites for hydroxylation is 2.